The smallest absolute Gasteiger partial charge is 0.269 e. The molecule has 0 saturated carbocycles. The van der Waals surface area contributed by atoms with E-state index in [0.717, 1.165) is 5.56 Å². The highest BCUT2D eigenvalue weighted by Crippen LogP contribution is 2.17. The number of benzene rings is 1. The first-order chi connectivity index (χ1) is 13.4. The van der Waals surface area contributed by atoms with Crippen molar-refractivity contribution in [2.24, 2.45) is 16.2 Å². The van der Waals surface area contributed by atoms with E-state index in [-0.39, 0.29) is 11.6 Å². The number of nitro benzene ring substituents is 1. The number of nitrogens with one attached hydrogen (secondary N) is 2. The number of nitro groups is 1. The van der Waals surface area contributed by atoms with Gasteiger partial charge in [-0.1, -0.05) is 22.4 Å². The van der Waals surface area contributed by atoms with Crippen molar-refractivity contribution in [3.05, 3.63) is 39.9 Å². The lowest BCUT2D eigenvalue weighted by Crippen LogP contribution is -2.52. The first kappa shape index (κ1) is 24.5. The molecule has 1 rings (SSSR count). The third kappa shape index (κ3) is 7.43. The van der Waals surface area contributed by atoms with Gasteiger partial charge in [0.25, 0.3) is 5.69 Å². The molecule has 0 heterocycles. The highest BCUT2D eigenvalue weighted by atomic mass is 16.6. The Morgan fingerprint density at radius 1 is 1.00 bits per heavy atom. The molecule has 0 spiro atoms. The number of non-ortho nitro benzene ring substituents is 1. The van der Waals surface area contributed by atoms with Gasteiger partial charge in [0.2, 0.25) is 0 Å². The van der Waals surface area contributed by atoms with E-state index in [1.54, 1.807) is 26.0 Å². The second kappa shape index (κ2) is 10.3. The summed E-state index contributed by atoms with van der Waals surface area (Å²) in [6.07, 6.45) is 0.689. The van der Waals surface area contributed by atoms with E-state index in [4.69, 9.17) is 10.4 Å². The van der Waals surface area contributed by atoms with Crippen LogP contribution in [0.3, 0.4) is 0 Å². The fourth-order valence-corrected chi connectivity index (χ4v) is 2.61. The third-order valence-corrected chi connectivity index (χ3v) is 5.45. The zero-order valence-electron chi connectivity index (χ0n) is 18.1. The van der Waals surface area contributed by atoms with Crippen molar-refractivity contribution in [3.63, 3.8) is 0 Å². The summed E-state index contributed by atoms with van der Waals surface area (Å²) in [5.41, 5.74) is 1.22. The Morgan fingerprint density at radius 3 is 1.76 bits per heavy atom. The van der Waals surface area contributed by atoms with Crippen molar-refractivity contribution in [1.29, 1.82) is 0 Å². The van der Waals surface area contributed by atoms with Gasteiger partial charge in [-0.3, -0.25) is 10.1 Å². The molecule has 9 nitrogen and oxygen atoms in total. The van der Waals surface area contributed by atoms with Crippen LogP contribution in [-0.2, 0) is 6.42 Å². The second-order valence-electron chi connectivity index (χ2n) is 8.38. The van der Waals surface area contributed by atoms with Crippen molar-refractivity contribution in [1.82, 2.24) is 10.6 Å². The Bertz CT molecular complexity index is 708. The summed E-state index contributed by atoms with van der Waals surface area (Å²) >= 11 is 0. The normalized spacial score (nSPS) is 14.7. The van der Waals surface area contributed by atoms with Gasteiger partial charge in [0, 0.05) is 25.2 Å². The predicted octanol–water partition coefficient (Wildman–Crippen LogP) is 3.19. The van der Waals surface area contributed by atoms with Crippen LogP contribution in [0.4, 0.5) is 5.69 Å². The minimum absolute atomic E-state index is 0.0633. The molecule has 4 N–H and O–H groups in total. The number of nitrogens with zero attached hydrogens (tertiary/aromatic N) is 3. The Kier molecular flexibility index (Phi) is 8.72. The van der Waals surface area contributed by atoms with E-state index in [1.165, 1.54) is 12.1 Å². The van der Waals surface area contributed by atoms with Gasteiger partial charge in [0.15, 0.2) is 0 Å². The first-order valence-corrected chi connectivity index (χ1v) is 9.54. The lowest BCUT2D eigenvalue weighted by Gasteiger charge is -2.31. The lowest BCUT2D eigenvalue weighted by atomic mass is 9.93. The van der Waals surface area contributed by atoms with Crippen LogP contribution in [0.5, 0.6) is 0 Å². The van der Waals surface area contributed by atoms with Crippen LogP contribution in [-0.4, -0.2) is 50.9 Å². The Hall–Kier alpha value is -2.52. The molecule has 162 valence electrons. The molecular formula is C20H33N5O4. The zero-order valence-corrected chi connectivity index (χ0v) is 18.1. The van der Waals surface area contributed by atoms with E-state index < -0.39 is 16.0 Å². The molecule has 0 aromatic heterocycles. The molecule has 9 heteroatoms. The maximum Gasteiger partial charge on any atom is 0.269 e. The van der Waals surface area contributed by atoms with Crippen LogP contribution in [0.15, 0.2) is 34.6 Å². The fraction of sp³-hybridized carbons (Fsp3) is 0.600. The van der Waals surface area contributed by atoms with Gasteiger partial charge in [0.1, 0.15) is 0 Å². The Morgan fingerprint density at radius 2 is 1.41 bits per heavy atom. The largest absolute Gasteiger partial charge is 0.411 e. The summed E-state index contributed by atoms with van der Waals surface area (Å²) in [6, 6.07) is 6.54. The van der Waals surface area contributed by atoms with Crippen LogP contribution in [0.2, 0.25) is 0 Å². The highest BCUT2D eigenvalue weighted by Gasteiger charge is 2.26. The molecule has 0 aliphatic rings. The van der Waals surface area contributed by atoms with E-state index in [2.05, 4.69) is 20.9 Å². The quantitative estimate of drug-likeness (QED) is 0.193. The van der Waals surface area contributed by atoms with Gasteiger partial charge in [0.05, 0.1) is 27.4 Å². The molecule has 0 saturated heterocycles. The number of rotatable bonds is 11. The minimum atomic E-state index is -0.486. The second-order valence-corrected chi connectivity index (χ2v) is 8.38. The SMILES string of the molecule is CC(=NO)C(C)(C)NCC(CNC(C)(C)C(C)=NO)Cc1ccc([N+](=O)[O-])cc1. The van der Waals surface area contributed by atoms with Crippen LogP contribution in [0, 0.1) is 16.0 Å². The lowest BCUT2D eigenvalue weighted by molar-refractivity contribution is -0.384. The molecule has 0 bridgehead atoms. The maximum atomic E-state index is 10.9. The van der Waals surface area contributed by atoms with E-state index in [1.807, 2.05) is 27.7 Å². The highest BCUT2D eigenvalue weighted by molar-refractivity contribution is 5.90. The van der Waals surface area contributed by atoms with Gasteiger partial charge in [-0.15, -0.1) is 0 Å². The van der Waals surface area contributed by atoms with Crippen molar-refractivity contribution in [3.8, 4) is 0 Å². The number of oxime groups is 2. The molecule has 0 aliphatic carbocycles. The topological polar surface area (TPSA) is 132 Å². The zero-order chi connectivity index (χ0) is 22.2. The summed E-state index contributed by atoms with van der Waals surface area (Å²) in [5, 5.41) is 42.5. The standard InChI is InChI=1S/C20H33N5O4/c1-14(23-26)19(3,4)21-12-17(13-22-20(5,6)15(2)24-27)11-16-7-9-18(10-8-16)25(28)29/h7-10,17,21-22,26-27H,11-13H2,1-6H3. The van der Waals surface area contributed by atoms with Crippen molar-refractivity contribution < 1.29 is 15.3 Å². The number of hydrogen-bond donors (Lipinski definition) is 4. The van der Waals surface area contributed by atoms with Gasteiger partial charge in [-0.05, 0) is 59.4 Å². The summed E-state index contributed by atoms with van der Waals surface area (Å²) in [5.74, 6) is 0.132. The van der Waals surface area contributed by atoms with Gasteiger partial charge < -0.3 is 21.0 Å². The molecule has 0 aliphatic heterocycles. The molecule has 0 amide bonds. The first-order valence-electron chi connectivity index (χ1n) is 9.54. The number of hydrogen-bond acceptors (Lipinski definition) is 8. The van der Waals surface area contributed by atoms with Crippen molar-refractivity contribution >= 4 is 17.1 Å². The minimum Gasteiger partial charge on any atom is -0.411 e. The average Bonchev–Trinajstić information content (AvgIpc) is 2.68. The molecule has 0 radical (unpaired) electrons. The average molecular weight is 408 g/mol. The molecular weight excluding hydrogens is 374 g/mol. The molecule has 1 aromatic carbocycles. The van der Waals surface area contributed by atoms with Crippen LogP contribution < -0.4 is 10.6 Å². The van der Waals surface area contributed by atoms with Gasteiger partial charge in [-0.2, -0.15) is 0 Å². The molecule has 1 aromatic rings. The predicted molar refractivity (Wildman–Crippen MR) is 114 cm³/mol. The molecule has 0 unspecified atom stereocenters. The monoisotopic (exact) mass is 407 g/mol. The van der Waals surface area contributed by atoms with E-state index in [9.17, 15) is 10.1 Å². The molecule has 0 fully saturated rings. The third-order valence-electron chi connectivity index (χ3n) is 5.45. The summed E-state index contributed by atoms with van der Waals surface area (Å²) < 4.78 is 0. The van der Waals surface area contributed by atoms with Gasteiger partial charge in [-0.25, -0.2) is 0 Å². The van der Waals surface area contributed by atoms with Crippen LogP contribution >= 0.6 is 0 Å². The Balaban J connectivity index is 2.93. The summed E-state index contributed by atoms with van der Waals surface area (Å²) in [6.45, 7) is 12.5. The van der Waals surface area contributed by atoms with Gasteiger partial charge >= 0.3 is 0 Å². The van der Waals surface area contributed by atoms with Crippen LogP contribution in [0.25, 0.3) is 0 Å². The van der Waals surface area contributed by atoms with Crippen LogP contribution in [0.1, 0.15) is 47.1 Å². The molecule has 29 heavy (non-hydrogen) atoms. The van der Waals surface area contributed by atoms with E-state index >= 15 is 0 Å². The van der Waals surface area contributed by atoms with Crippen molar-refractivity contribution in [2.75, 3.05) is 13.1 Å². The molecule has 0 atom stereocenters. The Labute approximate surface area is 172 Å². The fourth-order valence-electron chi connectivity index (χ4n) is 2.61. The summed E-state index contributed by atoms with van der Waals surface area (Å²) in [7, 11) is 0. The summed E-state index contributed by atoms with van der Waals surface area (Å²) in [4.78, 5) is 10.5. The van der Waals surface area contributed by atoms with E-state index in [0.29, 0.717) is 30.9 Å². The maximum absolute atomic E-state index is 10.9. The van der Waals surface area contributed by atoms with Crippen molar-refractivity contribution in [2.45, 2.75) is 59.0 Å².